The summed E-state index contributed by atoms with van der Waals surface area (Å²) in [6.07, 6.45) is 1.46. The molecular weight excluding hydrogens is 332 g/mol. The molecule has 0 bridgehead atoms. The summed E-state index contributed by atoms with van der Waals surface area (Å²) in [5.41, 5.74) is -0.752. The number of ether oxygens (including phenoxy) is 2. The van der Waals surface area contributed by atoms with E-state index >= 15 is 0 Å². The molecule has 1 heterocycles. The van der Waals surface area contributed by atoms with Gasteiger partial charge in [0, 0.05) is 5.56 Å². The van der Waals surface area contributed by atoms with Crippen LogP contribution >= 0.6 is 0 Å². The molecule has 140 valence electrons. The van der Waals surface area contributed by atoms with Crippen LogP contribution in [-0.2, 0) is 14.3 Å². The Morgan fingerprint density at radius 3 is 2.50 bits per heavy atom. The first kappa shape index (κ1) is 19.7. The Morgan fingerprint density at radius 2 is 2.00 bits per heavy atom. The average molecular weight is 358 g/mol. The first-order chi connectivity index (χ1) is 12.4. The minimum atomic E-state index is -1.24. The molecule has 0 radical (unpaired) electrons. The maximum absolute atomic E-state index is 13.4. The van der Waals surface area contributed by atoms with E-state index in [2.05, 4.69) is 11.6 Å². The Morgan fingerprint density at radius 1 is 1.35 bits per heavy atom. The molecule has 1 aliphatic heterocycles. The topological polar surface area (TPSA) is 68.2 Å². The highest BCUT2D eigenvalue weighted by atomic mass is 16.5. The van der Waals surface area contributed by atoms with Crippen molar-refractivity contribution in [2.24, 2.45) is 10.9 Å². The first-order valence-electron chi connectivity index (χ1n) is 8.60. The first-order valence-corrected chi connectivity index (χ1v) is 8.60. The molecule has 6 heteroatoms. The van der Waals surface area contributed by atoms with Gasteiger partial charge in [0.2, 0.25) is 0 Å². The standard InChI is InChI=1S/C20H26N2O4/c1-6-12-20(19(24)26-5)13-16(25-4)21-17(14(2)3)22(20)18(23)15-10-8-7-9-11-15/h6-11,14,17H,1,12-13H2,2-5H3/t17-,20-/m0/s1. The maximum Gasteiger partial charge on any atom is 0.332 e. The van der Waals surface area contributed by atoms with Gasteiger partial charge in [0.05, 0.1) is 20.6 Å². The number of esters is 1. The molecule has 2 atom stereocenters. The molecule has 1 amide bonds. The fourth-order valence-corrected chi connectivity index (χ4v) is 3.30. The number of amides is 1. The van der Waals surface area contributed by atoms with Gasteiger partial charge < -0.3 is 9.47 Å². The van der Waals surface area contributed by atoms with Crippen LogP contribution < -0.4 is 0 Å². The van der Waals surface area contributed by atoms with Gasteiger partial charge >= 0.3 is 5.97 Å². The quantitative estimate of drug-likeness (QED) is 0.599. The molecule has 0 aromatic heterocycles. The van der Waals surface area contributed by atoms with Crippen molar-refractivity contribution in [1.29, 1.82) is 0 Å². The van der Waals surface area contributed by atoms with Crippen molar-refractivity contribution in [2.45, 2.75) is 38.4 Å². The zero-order valence-electron chi connectivity index (χ0n) is 15.8. The van der Waals surface area contributed by atoms with E-state index in [1.165, 1.54) is 14.2 Å². The third kappa shape index (κ3) is 3.49. The second-order valence-corrected chi connectivity index (χ2v) is 6.62. The summed E-state index contributed by atoms with van der Waals surface area (Å²) in [5.74, 6) is -0.373. The number of rotatable bonds is 5. The summed E-state index contributed by atoms with van der Waals surface area (Å²) < 4.78 is 10.5. The summed E-state index contributed by atoms with van der Waals surface area (Å²) in [6.45, 7) is 7.68. The van der Waals surface area contributed by atoms with E-state index in [0.717, 1.165) is 0 Å². The molecule has 1 aromatic rings. The van der Waals surface area contributed by atoms with Crippen LogP contribution in [0.5, 0.6) is 0 Å². The molecule has 0 saturated heterocycles. The van der Waals surface area contributed by atoms with Crippen LogP contribution in [0.4, 0.5) is 0 Å². The highest BCUT2D eigenvalue weighted by Crippen LogP contribution is 2.37. The molecule has 1 aromatic carbocycles. The summed E-state index contributed by atoms with van der Waals surface area (Å²) in [5, 5.41) is 0. The van der Waals surface area contributed by atoms with Gasteiger partial charge in [-0.2, -0.15) is 0 Å². The van der Waals surface area contributed by atoms with Crippen molar-refractivity contribution >= 4 is 17.8 Å². The van der Waals surface area contributed by atoms with E-state index in [1.807, 2.05) is 19.9 Å². The maximum atomic E-state index is 13.4. The predicted octanol–water partition coefficient (Wildman–Crippen LogP) is 3.05. The summed E-state index contributed by atoms with van der Waals surface area (Å²) in [7, 11) is 2.84. The molecule has 0 spiro atoms. The molecular formula is C20H26N2O4. The van der Waals surface area contributed by atoms with Crippen LogP contribution in [0.1, 0.15) is 37.0 Å². The number of aliphatic imine (C=N–C) groups is 1. The lowest BCUT2D eigenvalue weighted by Gasteiger charge is -2.48. The molecule has 0 unspecified atom stereocenters. The fraction of sp³-hybridized carbons (Fsp3) is 0.450. The molecule has 1 aliphatic rings. The highest BCUT2D eigenvalue weighted by Gasteiger charge is 2.54. The highest BCUT2D eigenvalue weighted by molar-refractivity contribution is 6.01. The molecule has 0 saturated carbocycles. The Labute approximate surface area is 154 Å². The number of hydrogen-bond donors (Lipinski definition) is 0. The van der Waals surface area contributed by atoms with Crippen molar-refractivity contribution in [3.05, 3.63) is 48.6 Å². The van der Waals surface area contributed by atoms with Crippen LogP contribution in [0.2, 0.25) is 0 Å². The van der Waals surface area contributed by atoms with Gasteiger partial charge in [0.15, 0.2) is 11.4 Å². The van der Waals surface area contributed by atoms with E-state index in [-0.39, 0.29) is 24.7 Å². The molecule has 6 nitrogen and oxygen atoms in total. The number of carbonyl (C=O) groups excluding carboxylic acids is 2. The fourth-order valence-electron chi connectivity index (χ4n) is 3.30. The van der Waals surface area contributed by atoms with Gasteiger partial charge in [0.25, 0.3) is 5.91 Å². The van der Waals surface area contributed by atoms with Crippen molar-refractivity contribution in [1.82, 2.24) is 4.90 Å². The Hall–Kier alpha value is -2.63. The zero-order valence-corrected chi connectivity index (χ0v) is 15.8. The number of methoxy groups -OCH3 is 2. The second-order valence-electron chi connectivity index (χ2n) is 6.62. The molecule has 0 fully saturated rings. The van der Waals surface area contributed by atoms with Crippen molar-refractivity contribution in [2.75, 3.05) is 14.2 Å². The Bertz CT molecular complexity index is 699. The van der Waals surface area contributed by atoms with Crippen LogP contribution in [0.15, 0.2) is 48.0 Å². The number of nitrogens with zero attached hydrogens (tertiary/aromatic N) is 2. The Kier molecular flexibility index (Phi) is 6.18. The summed E-state index contributed by atoms with van der Waals surface area (Å²) in [4.78, 5) is 32.4. The van der Waals surface area contributed by atoms with E-state index < -0.39 is 17.7 Å². The van der Waals surface area contributed by atoms with Crippen molar-refractivity contribution in [3.8, 4) is 0 Å². The van der Waals surface area contributed by atoms with Crippen LogP contribution in [0.25, 0.3) is 0 Å². The van der Waals surface area contributed by atoms with E-state index in [4.69, 9.17) is 9.47 Å². The molecule has 0 N–H and O–H groups in total. The summed E-state index contributed by atoms with van der Waals surface area (Å²) >= 11 is 0. The van der Waals surface area contributed by atoms with Crippen molar-refractivity contribution < 1.29 is 19.1 Å². The van der Waals surface area contributed by atoms with Gasteiger partial charge in [-0.3, -0.25) is 9.69 Å². The SMILES string of the molecule is C=CC[C@@]1(C(=O)OC)CC(OC)=N[C@H](C(C)C)N1C(=O)c1ccccc1. The largest absolute Gasteiger partial charge is 0.484 e. The number of carbonyl (C=O) groups is 2. The lowest BCUT2D eigenvalue weighted by atomic mass is 9.84. The molecule has 26 heavy (non-hydrogen) atoms. The smallest absolute Gasteiger partial charge is 0.332 e. The van der Waals surface area contributed by atoms with Crippen LogP contribution in [-0.4, -0.2) is 48.6 Å². The van der Waals surface area contributed by atoms with E-state index in [1.54, 1.807) is 35.2 Å². The summed E-state index contributed by atoms with van der Waals surface area (Å²) in [6, 6.07) is 8.87. The number of benzene rings is 1. The minimum absolute atomic E-state index is 0.0260. The lowest BCUT2D eigenvalue weighted by molar-refractivity contribution is -0.156. The minimum Gasteiger partial charge on any atom is -0.484 e. The van der Waals surface area contributed by atoms with E-state index in [0.29, 0.717) is 11.5 Å². The average Bonchev–Trinajstić information content (AvgIpc) is 2.66. The predicted molar refractivity (Wildman–Crippen MR) is 99.9 cm³/mol. The van der Waals surface area contributed by atoms with Crippen LogP contribution in [0, 0.1) is 5.92 Å². The monoisotopic (exact) mass is 358 g/mol. The molecule has 0 aliphatic carbocycles. The van der Waals surface area contributed by atoms with Gasteiger partial charge in [-0.1, -0.05) is 38.1 Å². The lowest BCUT2D eigenvalue weighted by Crippen LogP contribution is -2.65. The number of hydrogen-bond acceptors (Lipinski definition) is 5. The molecule has 2 rings (SSSR count). The third-order valence-corrected chi connectivity index (χ3v) is 4.56. The normalized spacial score (nSPS) is 22.6. The second kappa shape index (κ2) is 8.17. The van der Waals surface area contributed by atoms with E-state index in [9.17, 15) is 9.59 Å². The van der Waals surface area contributed by atoms with Gasteiger partial charge in [0.1, 0.15) is 6.17 Å². The van der Waals surface area contributed by atoms with Gasteiger partial charge in [-0.25, -0.2) is 9.79 Å². The Balaban J connectivity index is 2.67. The van der Waals surface area contributed by atoms with Crippen molar-refractivity contribution in [3.63, 3.8) is 0 Å². The zero-order chi connectivity index (χ0) is 19.3. The van der Waals surface area contributed by atoms with Gasteiger partial charge in [-0.05, 0) is 24.5 Å². The van der Waals surface area contributed by atoms with Crippen LogP contribution in [0.3, 0.4) is 0 Å². The third-order valence-electron chi connectivity index (χ3n) is 4.56. The van der Waals surface area contributed by atoms with Gasteiger partial charge in [-0.15, -0.1) is 6.58 Å².